The fraction of sp³-hybridized carbons (Fsp3) is 0.500. The van der Waals surface area contributed by atoms with Crippen molar-refractivity contribution in [2.24, 2.45) is 11.8 Å². The molecule has 31 heavy (non-hydrogen) atoms. The predicted octanol–water partition coefficient (Wildman–Crippen LogP) is 3.19. The Hall–Kier alpha value is -2.74. The molecule has 1 aromatic heterocycles. The largest absolute Gasteiger partial charge is 0.481 e. The Labute approximate surface area is 187 Å². The molecule has 1 atom stereocenters. The molecule has 1 heterocycles. The van der Waals surface area contributed by atoms with Gasteiger partial charge in [0, 0.05) is 18.1 Å². The number of carbonyl (C=O) groups excluding carboxylic acids is 1. The number of hydrogen-bond acceptors (Lipinski definition) is 5. The molecule has 0 bridgehead atoms. The van der Waals surface area contributed by atoms with Crippen molar-refractivity contribution in [2.75, 3.05) is 17.2 Å². The van der Waals surface area contributed by atoms with Crippen molar-refractivity contribution in [3.63, 3.8) is 0 Å². The number of ether oxygens (including phenoxy) is 1. The van der Waals surface area contributed by atoms with Crippen LogP contribution in [-0.4, -0.2) is 28.1 Å². The maximum absolute atomic E-state index is 13.4. The molecule has 0 saturated heterocycles. The first-order valence-corrected chi connectivity index (χ1v) is 10.7. The second kappa shape index (κ2) is 10.0. The fourth-order valence-corrected chi connectivity index (χ4v) is 3.47. The molecule has 8 nitrogen and oxygen atoms in total. The number of carbonyl (C=O) groups is 1. The van der Waals surface area contributed by atoms with Gasteiger partial charge in [-0.1, -0.05) is 39.3 Å². The normalized spacial score (nSPS) is 12.3. The maximum Gasteiger partial charge on any atom is 0.330 e. The number of amides is 1. The molecule has 0 spiro atoms. The molecule has 9 heteroatoms. The molecule has 0 aliphatic rings. The number of halogens is 1. The number of aromatic amines is 1. The highest BCUT2D eigenvalue weighted by Crippen LogP contribution is 2.25. The lowest BCUT2D eigenvalue weighted by Crippen LogP contribution is -2.47. The molecular formula is C22H31ClN4O4. The molecule has 2 rings (SSSR count). The highest BCUT2D eigenvalue weighted by atomic mass is 35.5. The number of hydrogen-bond donors (Lipinski definition) is 2. The van der Waals surface area contributed by atoms with E-state index in [0.29, 0.717) is 17.3 Å². The second-order valence-corrected chi connectivity index (χ2v) is 8.95. The van der Waals surface area contributed by atoms with Gasteiger partial charge in [-0.05, 0) is 49.4 Å². The van der Waals surface area contributed by atoms with Gasteiger partial charge >= 0.3 is 5.69 Å². The Kier molecular flexibility index (Phi) is 7.95. The summed E-state index contributed by atoms with van der Waals surface area (Å²) in [5.41, 5.74) is 5.68. The Balaban J connectivity index is 2.49. The van der Waals surface area contributed by atoms with Crippen LogP contribution in [0.4, 0.5) is 11.5 Å². The van der Waals surface area contributed by atoms with Gasteiger partial charge in [0.2, 0.25) is 0 Å². The highest BCUT2D eigenvalue weighted by Gasteiger charge is 2.29. The molecule has 2 aromatic rings. The number of anilines is 2. The van der Waals surface area contributed by atoms with Gasteiger partial charge in [0.1, 0.15) is 11.6 Å². The van der Waals surface area contributed by atoms with Gasteiger partial charge in [-0.3, -0.25) is 19.1 Å². The second-order valence-electron chi connectivity index (χ2n) is 8.51. The minimum absolute atomic E-state index is 0.0358. The Morgan fingerprint density at radius 3 is 2.39 bits per heavy atom. The number of aryl methyl sites for hydroxylation is 1. The van der Waals surface area contributed by atoms with Crippen LogP contribution in [-0.2, 0) is 11.3 Å². The minimum Gasteiger partial charge on any atom is -0.481 e. The summed E-state index contributed by atoms with van der Waals surface area (Å²) in [5.74, 6) is 0.198. The summed E-state index contributed by atoms with van der Waals surface area (Å²) in [4.78, 5) is 42.0. The first-order chi connectivity index (χ1) is 14.4. The number of rotatable bonds is 8. The van der Waals surface area contributed by atoms with Crippen LogP contribution < -0.4 is 26.6 Å². The standard InChI is InChI=1S/C22H31ClN4O4/c1-12(2)10-26(18-19(24)27(11-13(3)4)22(30)25-20(18)28)21(29)15(6)31-17-8-7-16(23)9-14(17)5/h7-9,12-13,15H,10-11,24H2,1-6H3,(H,25,28,30). The predicted molar refractivity (Wildman–Crippen MR) is 124 cm³/mol. The van der Waals surface area contributed by atoms with E-state index in [0.717, 1.165) is 5.56 Å². The maximum atomic E-state index is 13.4. The summed E-state index contributed by atoms with van der Waals surface area (Å²) < 4.78 is 7.16. The third-order valence-corrected chi connectivity index (χ3v) is 4.87. The first-order valence-electron chi connectivity index (χ1n) is 10.3. The molecular weight excluding hydrogens is 420 g/mol. The van der Waals surface area contributed by atoms with Crippen LogP contribution in [0.5, 0.6) is 5.75 Å². The van der Waals surface area contributed by atoms with E-state index >= 15 is 0 Å². The van der Waals surface area contributed by atoms with Gasteiger partial charge in [0.05, 0.1) is 0 Å². The van der Waals surface area contributed by atoms with Crippen LogP contribution in [0, 0.1) is 18.8 Å². The summed E-state index contributed by atoms with van der Waals surface area (Å²) in [7, 11) is 0. The van der Waals surface area contributed by atoms with Crippen LogP contribution in [0.15, 0.2) is 27.8 Å². The van der Waals surface area contributed by atoms with Crippen molar-refractivity contribution in [3.05, 3.63) is 49.6 Å². The Morgan fingerprint density at radius 2 is 1.84 bits per heavy atom. The van der Waals surface area contributed by atoms with Crippen LogP contribution >= 0.6 is 11.6 Å². The van der Waals surface area contributed by atoms with E-state index in [1.165, 1.54) is 9.47 Å². The quantitative estimate of drug-likeness (QED) is 0.641. The van der Waals surface area contributed by atoms with Crippen LogP contribution in [0.1, 0.15) is 40.2 Å². The average molecular weight is 451 g/mol. The molecule has 0 aliphatic carbocycles. The van der Waals surface area contributed by atoms with Gasteiger partial charge < -0.3 is 15.4 Å². The minimum atomic E-state index is -0.900. The van der Waals surface area contributed by atoms with E-state index in [2.05, 4.69) is 4.98 Å². The molecule has 0 saturated carbocycles. The van der Waals surface area contributed by atoms with E-state index in [4.69, 9.17) is 22.1 Å². The summed E-state index contributed by atoms with van der Waals surface area (Å²) in [5, 5.41) is 0.567. The van der Waals surface area contributed by atoms with E-state index < -0.39 is 23.3 Å². The van der Waals surface area contributed by atoms with Crippen molar-refractivity contribution in [1.82, 2.24) is 9.55 Å². The lowest BCUT2D eigenvalue weighted by atomic mass is 10.1. The number of nitrogens with zero attached hydrogens (tertiary/aromatic N) is 2. The lowest BCUT2D eigenvalue weighted by Gasteiger charge is -2.29. The number of benzene rings is 1. The zero-order valence-corrected chi connectivity index (χ0v) is 19.6. The van der Waals surface area contributed by atoms with Crippen molar-refractivity contribution < 1.29 is 9.53 Å². The summed E-state index contributed by atoms with van der Waals surface area (Å²) >= 11 is 5.99. The smallest absolute Gasteiger partial charge is 0.330 e. The third kappa shape index (κ3) is 5.91. The van der Waals surface area contributed by atoms with Crippen LogP contribution in [0.2, 0.25) is 5.02 Å². The van der Waals surface area contributed by atoms with Crippen molar-refractivity contribution in [3.8, 4) is 5.75 Å². The van der Waals surface area contributed by atoms with Gasteiger partial charge in [0.15, 0.2) is 11.8 Å². The monoisotopic (exact) mass is 450 g/mol. The van der Waals surface area contributed by atoms with Crippen LogP contribution in [0.25, 0.3) is 0 Å². The topological polar surface area (TPSA) is 110 Å². The molecule has 0 radical (unpaired) electrons. The van der Waals surface area contributed by atoms with Crippen molar-refractivity contribution >= 4 is 29.0 Å². The van der Waals surface area contributed by atoms with Gasteiger partial charge in [-0.2, -0.15) is 0 Å². The highest BCUT2D eigenvalue weighted by molar-refractivity contribution is 6.30. The molecule has 1 aromatic carbocycles. The lowest BCUT2D eigenvalue weighted by molar-refractivity contribution is -0.124. The zero-order chi connectivity index (χ0) is 23.5. The van der Waals surface area contributed by atoms with Crippen molar-refractivity contribution in [2.45, 2.75) is 54.2 Å². The Bertz CT molecular complexity index is 1060. The summed E-state index contributed by atoms with van der Waals surface area (Å²) in [6, 6.07) is 5.11. The fourth-order valence-electron chi connectivity index (χ4n) is 3.25. The van der Waals surface area contributed by atoms with Gasteiger partial charge in [-0.25, -0.2) is 4.79 Å². The molecule has 0 fully saturated rings. The SMILES string of the molecule is Cc1cc(Cl)ccc1OC(C)C(=O)N(CC(C)C)c1c(N)n(CC(C)C)c(=O)[nH]c1=O. The number of H-pyrrole nitrogens is 1. The number of aromatic nitrogens is 2. The number of nitrogens with two attached hydrogens (primary N) is 1. The summed E-state index contributed by atoms with van der Waals surface area (Å²) in [6.07, 6.45) is -0.900. The third-order valence-electron chi connectivity index (χ3n) is 4.63. The zero-order valence-electron chi connectivity index (χ0n) is 18.9. The molecule has 1 unspecified atom stereocenters. The summed E-state index contributed by atoms with van der Waals surface area (Å²) in [6.45, 7) is 11.7. The number of nitrogens with one attached hydrogen (secondary N) is 1. The molecule has 3 N–H and O–H groups in total. The van der Waals surface area contributed by atoms with Crippen LogP contribution in [0.3, 0.4) is 0 Å². The van der Waals surface area contributed by atoms with Gasteiger partial charge in [-0.15, -0.1) is 0 Å². The molecule has 170 valence electrons. The molecule has 0 aliphatic heterocycles. The van der Waals surface area contributed by atoms with Gasteiger partial charge in [0.25, 0.3) is 11.5 Å². The van der Waals surface area contributed by atoms with E-state index in [-0.39, 0.29) is 29.9 Å². The van der Waals surface area contributed by atoms with E-state index in [1.807, 2.05) is 34.6 Å². The van der Waals surface area contributed by atoms with Crippen molar-refractivity contribution in [1.29, 1.82) is 0 Å². The van der Waals surface area contributed by atoms with E-state index in [9.17, 15) is 14.4 Å². The average Bonchev–Trinajstić information content (AvgIpc) is 2.65. The first kappa shape index (κ1) is 24.5. The number of nitrogen functional groups attached to an aromatic ring is 1. The Morgan fingerprint density at radius 1 is 1.19 bits per heavy atom. The molecule has 1 amide bonds. The van der Waals surface area contributed by atoms with E-state index in [1.54, 1.807) is 25.1 Å².